The maximum absolute atomic E-state index is 3.62. The molecular weight excluding hydrogens is 446 g/mol. The molecular formula is C36H29N. The molecule has 0 fully saturated rings. The van der Waals surface area contributed by atoms with E-state index < -0.39 is 0 Å². The van der Waals surface area contributed by atoms with Crippen LogP contribution in [-0.4, -0.2) is 4.98 Å². The number of benzene rings is 6. The molecule has 178 valence electrons. The SMILES string of the molecule is Cc1ccc(-c2c(-c3ccc4[nH]c5ccc(C)cc5c4c3)c3cc(C)ccc3c3ccc(C)cc23)cc1. The molecule has 1 heterocycles. The number of nitrogens with one attached hydrogen (secondary N) is 1. The third kappa shape index (κ3) is 3.46. The van der Waals surface area contributed by atoms with Crippen molar-refractivity contribution in [1.82, 2.24) is 4.98 Å². The Balaban J connectivity index is 1.68. The first-order chi connectivity index (χ1) is 18.0. The van der Waals surface area contributed by atoms with Gasteiger partial charge in [-0.05, 0) is 95.8 Å². The number of aromatic nitrogens is 1. The van der Waals surface area contributed by atoms with Crippen molar-refractivity contribution in [2.45, 2.75) is 27.7 Å². The molecule has 1 heteroatoms. The van der Waals surface area contributed by atoms with Crippen molar-refractivity contribution in [3.63, 3.8) is 0 Å². The Morgan fingerprint density at radius 3 is 1.41 bits per heavy atom. The Hall–Kier alpha value is -4.36. The summed E-state index contributed by atoms with van der Waals surface area (Å²) >= 11 is 0. The summed E-state index contributed by atoms with van der Waals surface area (Å²) in [6, 6.07) is 36.4. The molecule has 0 bridgehead atoms. The summed E-state index contributed by atoms with van der Waals surface area (Å²) in [5.41, 5.74) is 12.6. The van der Waals surface area contributed by atoms with Gasteiger partial charge < -0.3 is 4.98 Å². The molecule has 0 saturated heterocycles. The van der Waals surface area contributed by atoms with Gasteiger partial charge in [-0.1, -0.05) is 95.1 Å². The zero-order valence-corrected chi connectivity index (χ0v) is 21.7. The molecule has 1 nitrogen and oxygen atoms in total. The first-order valence-electron chi connectivity index (χ1n) is 13.0. The van der Waals surface area contributed by atoms with Gasteiger partial charge in [0.1, 0.15) is 0 Å². The summed E-state index contributed by atoms with van der Waals surface area (Å²) in [5, 5.41) is 7.79. The highest BCUT2D eigenvalue weighted by molar-refractivity contribution is 6.22. The Bertz CT molecular complexity index is 2000. The van der Waals surface area contributed by atoms with Gasteiger partial charge in [-0.25, -0.2) is 0 Å². The molecule has 0 amide bonds. The zero-order valence-electron chi connectivity index (χ0n) is 21.7. The van der Waals surface area contributed by atoms with Gasteiger partial charge in [0.15, 0.2) is 0 Å². The fourth-order valence-electron chi connectivity index (χ4n) is 5.96. The van der Waals surface area contributed by atoms with E-state index in [1.54, 1.807) is 0 Å². The summed E-state index contributed by atoms with van der Waals surface area (Å²) in [7, 11) is 0. The summed E-state index contributed by atoms with van der Waals surface area (Å²) < 4.78 is 0. The van der Waals surface area contributed by atoms with Crippen molar-refractivity contribution < 1.29 is 0 Å². The maximum Gasteiger partial charge on any atom is 0.0465 e. The van der Waals surface area contributed by atoms with Crippen LogP contribution in [0.5, 0.6) is 0 Å². The van der Waals surface area contributed by atoms with Crippen molar-refractivity contribution in [2.24, 2.45) is 0 Å². The Kier molecular flexibility index (Phi) is 4.78. The largest absolute Gasteiger partial charge is 0.355 e. The molecule has 0 atom stereocenters. The Morgan fingerprint density at radius 2 is 0.784 bits per heavy atom. The minimum Gasteiger partial charge on any atom is -0.355 e. The lowest BCUT2D eigenvalue weighted by molar-refractivity contribution is 1.47. The van der Waals surface area contributed by atoms with Crippen LogP contribution in [0.3, 0.4) is 0 Å². The maximum atomic E-state index is 3.62. The molecule has 0 aliphatic rings. The van der Waals surface area contributed by atoms with Gasteiger partial charge in [0.2, 0.25) is 0 Å². The van der Waals surface area contributed by atoms with E-state index in [0.717, 1.165) is 0 Å². The third-order valence-corrected chi connectivity index (χ3v) is 7.81. The van der Waals surface area contributed by atoms with Gasteiger partial charge in [-0.15, -0.1) is 0 Å². The second-order valence-corrected chi connectivity index (χ2v) is 10.6. The van der Waals surface area contributed by atoms with Crippen molar-refractivity contribution in [1.29, 1.82) is 0 Å². The molecule has 0 spiro atoms. The Morgan fingerprint density at radius 1 is 0.351 bits per heavy atom. The second-order valence-electron chi connectivity index (χ2n) is 10.6. The highest BCUT2D eigenvalue weighted by Crippen LogP contribution is 2.46. The summed E-state index contributed by atoms with van der Waals surface area (Å²) in [6.07, 6.45) is 0. The normalized spacial score (nSPS) is 11.8. The molecule has 0 aliphatic heterocycles. The van der Waals surface area contributed by atoms with Crippen LogP contribution in [0.25, 0.3) is 65.6 Å². The molecule has 37 heavy (non-hydrogen) atoms. The van der Waals surface area contributed by atoms with Crippen LogP contribution < -0.4 is 0 Å². The van der Waals surface area contributed by atoms with Gasteiger partial charge in [-0.2, -0.15) is 0 Å². The van der Waals surface area contributed by atoms with E-state index >= 15 is 0 Å². The molecule has 0 aliphatic carbocycles. The molecule has 0 saturated carbocycles. The number of aryl methyl sites for hydroxylation is 4. The van der Waals surface area contributed by atoms with Gasteiger partial charge in [0, 0.05) is 21.8 Å². The molecule has 1 N–H and O–H groups in total. The number of aromatic amines is 1. The quantitative estimate of drug-likeness (QED) is 0.239. The first kappa shape index (κ1) is 21.9. The van der Waals surface area contributed by atoms with E-state index in [-0.39, 0.29) is 0 Å². The van der Waals surface area contributed by atoms with Crippen LogP contribution in [0, 0.1) is 27.7 Å². The van der Waals surface area contributed by atoms with Gasteiger partial charge in [0.05, 0.1) is 0 Å². The van der Waals surface area contributed by atoms with E-state index in [4.69, 9.17) is 0 Å². The summed E-state index contributed by atoms with van der Waals surface area (Å²) in [6.45, 7) is 8.71. The highest BCUT2D eigenvalue weighted by atomic mass is 14.7. The van der Waals surface area contributed by atoms with Crippen molar-refractivity contribution in [3.8, 4) is 22.3 Å². The molecule has 0 unspecified atom stereocenters. The van der Waals surface area contributed by atoms with Crippen LogP contribution in [-0.2, 0) is 0 Å². The topological polar surface area (TPSA) is 15.8 Å². The summed E-state index contributed by atoms with van der Waals surface area (Å²) in [5.74, 6) is 0. The predicted octanol–water partition coefficient (Wildman–Crippen LogP) is 10.2. The zero-order chi connectivity index (χ0) is 25.3. The average Bonchev–Trinajstić information content (AvgIpc) is 3.25. The van der Waals surface area contributed by atoms with Crippen LogP contribution in [0.1, 0.15) is 22.3 Å². The van der Waals surface area contributed by atoms with E-state index in [2.05, 4.69) is 130 Å². The lowest BCUT2D eigenvalue weighted by Gasteiger charge is -2.20. The van der Waals surface area contributed by atoms with Crippen molar-refractivity contribution >= 4 is 43.4 Å². The van der Waals surface area contributed by atoms with E-state index in [1.165, 1.54) is 87.9 Å². The Labute approximate surface area is 217 Å². The number of rotatable bonds is 2. The predicted molar refractivity (Wildman–Crippen MR) is 161 cm³/mol. The van der Waals surface area contributed by atoms with E-state index in [1.807, 2.05) is 0 Å². The summed E-state index contributed by atoms with van der Waals surface area (Å²) in [4.78, 5) is 3.62. The molecule has 6 aromatic carbocycles. The lowest BCUT2D eigenvalue weighted by atomic mass is 9.83. The minimum atomic E-state index is 1.18. The number of fused-ring (bicyclic) bond motifs is 6. The average molecular weight is 476 g/mol. The molecule has 0 radical (unpaired) electrons. The first-order valence-corrected chi connectivity index (χ1v) is 13.0. The van der Waals surface area contributed by atoms with Gasteiger partial charge >= 0.3 is 0 Å². The monoisotopic (exact) mass is 475 g/mol. The number of H-pyrrole nitrogens is 1. The van der Waals surface area contributed by atoms with Crippen LogP contribution >= 0.6 is 0 Å². The third-order valence-electron chi connectivity index (χ3n) is 7.81. The molecule has 7 aromatic rings. The van der Waals surface area contributed by atoms with Crippen LogP contribution in [0.4, 0.5) is 0 Å². The second kappa shape index (κ2) is 8.08. The fraction of sp³-hybridized carbons (Fsp3) is 0.111. The van der Waals surface area contributed by atoms with Crippen molar-refractivity contribution in [3.05, 3.63) is 119 Å². The van der Waals surface area contributed by atoms with Crippen LogP contribution in [0.2, 0.25) is 0 Å². The number of hydrogen-bond donors (Lipinski definition) is 1. The van der Waals surface area contributed by atoms with E-state index in [0.29, 0.717) is 0 Å². The number of hydrogen-bond acceptors (Lipinski definition) is 0. The van der Waals surface area contributed by atoms with Crippen LogP contribution in [0.15, 0.2) is 97.1 Å². The minimum absolute atomic E-state index is 1.18. The standard InChI is InChI=1S/C36H29N/c1-21-5-10-25(11-6-21)35-31-18-22(2)7-13-27(31)28-14-8-23(3)19-32(28)36(35)26-12-16-34-30(20-26)29-17-24(4)9-15-33(29)37-34/h5-20,37H,1-4H3. The molecule has 7 rings (SSSR count). The molecule has 1 aromatic heterocycles. The van der Waals surface area contributed by atoms with Crippen molar-refractivity contribution in [2.75, 3.05) is 0 Å². The smallest absolute Gasteiger partial charge is 0.0465 e. The van der Waals surface area contributed by atoms with Gasteiger partial charge in [-0.3, -0.25) is 0 Å². The lowest BCUT2D eigenvalue weighted by Crippen LogP contribution is -1.93. The van der Waals surface area contributed by atoms with Gasteiger partial charge in [0.25, 0.3) is 0 Å². The highest BCUT2D eigenvalue weighted by Gasteiger charge is 2.19. The van der Waals surface area contributed by atoms with E-state index in [9.17, 15) is 0 Å². The fourth-order valence-corrected chi connectivity index (χ4v) is 5.96.